The molecular weight excluding hydrogens is 280 g/mol. The Morgan fingerprint density at radius 1 is 1.09 bits per heavy atom. The minimum atomic E-state index is -0.883. The molecule has 1 atom stereocenters. The Morgan fingerprint density at radius 3 is 2.59 bits per heavy atom. The number of nitrogens with two attached hydrogens (primary N) is 1. The van der Waals surface area contributed by atoms with Gasteiger partial charge in [0, 0.05) is 5.39 Å². The molecule has 0 saturated heterocycles. The van der Waals surface area contributed by atoms with Gasteiger partial charge in [-0.05, 0) is 11.6 Å². The Balaban J connectivity index is 1.92. The molecule has 0 saturated carbocycles. The van der Waals surface area contributed by atoms with Crippen LogP contribution in [0.15, 0.2) is 54.7 Å². The molecule has 2 amide bonds. The summed E-state index contributed by atoms with van der Waals surface area (Å²) in [6.45, 7) is 0. The first-order valence-electron chi connectivity index (χ1n) is 6.74. The number of fused-ring (bicyclic) bond motifs is 1. The standard InChI is InChI=1S/C16H14N4O2/c17-15(21)14(10-5-2-1-3-6-10)19-16(22)12-8-4-7-11-9-18-20-13(11)12/h1-9,14H,(H2,17,21)(H,18,20)(H,19,22). The Kier molecular flexibility index (Phi) is 3.57. The van der Waals surface area contributed by atoms with Crippen LogP contribution >= 0.6 is 0 Å². The van der Waals surface area contributed by atoms with Crippen LogP contribution in [0.2, 0.25) is 0 Å². The smallest absolute Gasteiger partial charge is 0.254 e. The molecule has 110 valence electrons. The van der Waals surface area contributed by atoms with Gasteiger partial charge < -0.3 is 11.1 Å². The molecule has 0 bridgehead atoms. The molecule has 0 aliphatic carbocycles. The summed E-state index contributed by atoms with van der Waals surface area (Å²) in [7, 11) is 0. The SMILES string of the molecule is NC(=O)C(NC(=O)c1cccc2cn[nH]c12)c1ccccc1. The predicted octanol–water partition coefficient (Wildman–Crippen LogP) is 1.52. The lowest BCUT2D eigenvalue weighted by molar-refractivity contribution is -0.120. The highest BCUT2D eigenvalue weighted by Crippen LogP contribution is 2.18. The molecule has 1 unspecified atom stereocenters. The molecule has 0 aliphatic rings. The summed E-state index contributed by atoms with van der Waals surface area (Å²) in [4.78, 5) is 24.1. The fraction of sp³-hybridized carbons (Fsp3) is 0.0625. The third-order valence-electron chi connectivity index (χ3n) is 3.41. The topological polar surface area (TPSA) is 101 Å². The van der Waals surface area contributed by atoms with E-state index < -0.39 is 11.9 Å². The number of hydrogen-bond acceptors (Lipinski definition) is 3. The average molecular weight is 294 g/mol. The molecule has 6 heteroatoms. The Bertz CT molecular complexity index is 826. The van der Waals surface area contributed by atoms with E-state index in [0.717, 1.165) is 5.39 Å². The first-order valence-corrected chi connectivity index (χ1v) is 6.74. The van der Waals surface area contributed by atoms with Crippen LogP contribution in [0.25, 0.3) is 10.9 Å². The molecule has 0 fully saturated rings. The Hall–Kier alpha value is -3.15. The molecule has 2 aromatic carbocycles. The third-order valence-corrected chi connectivity index (χ3v) is 3.41. The molecule has 0 spiro atoms. The van der Waals surface area contributed by atoms with Crippen molar-refractivity contribution in [3.8, 4) is 0 Å². The lowest BCUT2D eigenvalue weighted by Crippen LogP contribution is -2.37. The van der Waals surface area contributed by atoms with Gasteiger partial charge in [0.25, 0.3) is 5.91 Å². The summed E-state index contributed by atoms with van der Waals surface area (Å²) in [5, 5.41) is 10.2. The van der Waals surface area contributed by atoms with E-state index in [1.54, 1.807) is 42.6 Å². The molecule has 1 aromatic heterocycles. The highest BCUT2D eigenvalue weighted by molar-refractivity contribution is 6.06. The maximum absolute atomic E-state index is 12.5. The van der Waals surface area contributed by atoms with Gasteiger partial charge in [-0.15, -0.1) is 0 Å². The van der Waals surface area contributed by atoms with Crippen LogP contribution in [0.1, 0.15) is 22.0 Å². The summed E-state index contributed by atoms with van der Waals surface area (Å²) >= 11 is 0. The zero-order valence-corrected chi connectivity index (χ0v) is 11.6. The number of para-hydroxylation sites is 1. The van der Waals surface area contributed by atoms with Gasteiger partial charge in [-0.1, -0.05) is 42.5 Å². The number of H-pyrrole nitrogens is 1. The van der Waals surface area contributed by atoms with Crippen molar-refractivity contribution in [1.29, 1.82) is 0 Å². The van der Waals surface area contributed by atoms with Gasteiger partial charge in [-0.25, -0.2) is 0 Å². The molecule has 3 rings (SSSR count). The summed E-state index contributed by atoms with van der Waals surface area (Å²) in [6, 6.07) is 13.3. The second-order valence-electron chi connectivity index (χ2n) is 4.86. The van der Waals surface area contributed by atoms with Crippen molar-refractivity contribution in [2.45, 2.75) is 6.04 Å². The predicted molar refractivity (Wildman–Crippen MR) is 81.9 cm³/mol. The minimum absolute atomic E-state index is 0.387. The summed E-state index contributed by atoms with van der Waals surface area (Å²) in [6.07, 6.45) is 1.63. The van der Waals surface area contributed by atoms with Gasteiger partial charge in [-0.2, -0.15) is 5.10 Å². The van der Waals surface area contributed by atoms with Crippen LogP contribution in [-0.4, -0.2) is 22.0 Å². The maximum Gasteiger partial charge on any atom is 0.254 e. The average Bonchev–Trinajstić information content (AvgIpc) is 3.01. The van der Waals surface area contributed by atoms with Crippen LogP contribution in [0, 0.1) is 0 Å². The molecular formula is C16H14N4O2. The first-order chi connectivity index (χ1) is 10.7. The van der Waals surface area contributed by atoms with E-state index >= 15 is 0 Å². The number of nitrogens with one attached hydrogen (secondary N) is 2. The molecule has 4 N–H and O–H groups in total. The van der Waals surface area contributed by atoms with E-state index in [-0.39, 0.29) is 5.91 Å². The van der Waals surface area contributed by atoms with E-state index in [1.807, 2.05) is 12.1 Å². The van der Waals surface area contributed by atoms with Gasteiger partial charge in [0.05, 0.1) is 17.3 Å². The molecule has 6 nitrogen and oxygen atoms in total. The van der Waals surface area contributed by atoms with E-state index in [4.69, 9.17) is 5.73 Å². The van der Waals surface area contributed by atoms with Crippen LogP contribution < -0.4 is 11.1 Å². The minimum Gasteiger partial charge on any atom is -0.368 e. The van der Waals surface area contributed by atoms with Crippen molar-refractivity contribution in [3.63, 3.8) is 0 Å². The van der Waals surface area contributed by atoms with Crippen molar-refractivity contribution < 1.29 is 9.59 Å². The van der Waals surface area contributed by atoms with Gasteiger partial charge in [0.1, 0.15) is 6.04 Å². The fourth-order valence-corrected chi connectivity index (χ4v) is 2.33. The number of aromatic nitrogens is 2. The summed E-state index contributed by atoms with van der Waals surface area (Å²) in [5.41, 5.74) is 7.09. The summed E-state index contributed by atoms with van der Waals surface area (Å²) in [5.74, 6) is -1.00. The number of benzene rings is 2. The van der Waals surface area contributed by atoms with E-state index in [2.05, 4.69) is 15.5 Å². The van der Waals surface area contributed by atoms with E-state index in [9.17, 15) is 9.59 Å². The Labute approximate surface area is 126 Å². The second kappa shape index (κ2) is 5.69. The molecule has 22 heavy (non-hydrogen) atoms. The van der Waals surface area contributed by atoms with Crippen molar-refractivity contribution in [3.05, 3.63) is 65.9 Å². The number of rotatable bonds is 4. The van der Waals surface area contributed by atoms with E-state index in [0.29, 0.717) is 16.6 Å². The molecule has 3 aromatic rings. The fourth-order valence-electron chi connectivity index (χ4n) is 2.33. The second-order valence-corrected chi connectivity index (χ2v) is 4.86. The number of hydrogen-bond donors (Lipinski definition) is 3. The highest BCUT2D eigenvalue weighted by Gasteiger charge is 2.22. The molecule has 0 radical (unpaired) electrons. The monoisotopic (exact) mass is 294 g/mol. The van der Waals surface area contributed by atoms with Crippen molar-refractivity contribution in [2.75, 3.05) is 0 Å². The zero-order chi connectivity index (χ0) is 15.5. The number of carbonyl (C=O) groups is 2. The van der Waals surface area contributed by atoms with Crippen LogP contribution in [0.3, 0.4) is 0 Å². The highest BCUT2D eigenvalue weighted by atomic mass is 16.2. The van der Waals surface area contributed by atoms with Crippen molar-refractivity contribution >= 4 is 22.7 Å². The van der Waals surface area contributed by atoms with Crippen molar-refractivity contribution in [2.24, 2.45) is 5.73 Å². The number of primary amides is 1. The van der Waals surface area contributed by atoms with Gasteiger partial charge in [0.15, 0.2) is 0 Å². The first kappa shape index (κ1) is 13.8. The zero-order valence-electron chi connectivity index (χ0n) is 11.6. The van der Waals surface area contributed by atoms with E-state index in [1.165, 1.54) is 0 Å². The van der Waals surface area contributed by atoms with Crippen LogP contribution in [0.5, 0.6) is 0 Å². The largest absolute Gasteiger partial charge is 0.368 e. The number of amides is 2. The van der Waals surface area contributed by atoms with Gasteiger partial charge >= 0.3 is 0 Å². The van der Waals surface area contributed by atoms with Crippen LogP contribution in [0.4, 0.5) is 0 Å². The molecule has 1 heterocycles. The maximum atomic E-state index is 12.5. The van der Waals surface area contributed by atoms with Crippen LogP contribution in [-0.2, 0) is 4.79 Å². The lowest BCUT2D eigenvalue weighted by Gasteiger charge is -2.16. The lowest BCUT2D eigenvalue weighted by atomic mass is 10.1. The Morgan fingerprint density at radius 2 is 1.86 bits per heavy atom. The van der Waals surface area contributed by atoms with Gasteiger partial charge in [-0.3, -0.25) is 14.7 Å². The number of nitrogens with zero attached hydrogens (tertiary/aromatic N) is 1. The normalized spacial score (nSPS) is 12.0. The van der Waals surface area contributed by atoms with Gasteiger partial charge in [0.2, 0.25) is 5.91 Å². The molecule has 0 aliphatic heterocycles. The quantitative estimate of drug-likeness (QED) is 0.680. The number of carbonyl (C=O) groups excluding carboxylic acids is 2. The van der Waals surface area contributed by atoms with Crippen molar-refractivity contribution in [1.82, 2.24) is 15.5 Å². The summed E-state index contributed by atoms with van der Waals surface area (Å²) < 4.78 is 0. The number of aromatic amines is 1. The third kappa shape index (κ3) is 2.54.